The molecule has 0 aromatic rings. The first-order valence-electron chi connectivity index (χ1n) is 4.39. The highest BCUT2D eigenvalue weighted by molar-refractivity contribution is 7.80. The third kappa shape index (κ3) is 7.12. The van der Waals surface area contributed by atoms with Crippen molar-refractivity contribution < 1.29 is 18.0 Å². The van der Waals surface area contributed by atoms with Crippen molar-refractivity contribution in [2.45, 2.75) is 25.9 Å². The number of halogens is 3. The van der Waals surface area contributed by atoms with Gasteiger partial charge in [0.2, 0.25) is 5.91 Å². The van der Waals surface area contributed by atoms with Crippen LogP contribution in [0.15, 0.2) is 0 Å². The molecule has 0 atom stereocenters. The molecule has 0 heterocycles. The third-order valence-electron chi connectivity index (χ3n) is 1.54. The van der Waals surface area contributed by atoms with Crippen LogP contribution in [-0.2, 0) is 4.79 Å². The molecule has 0 aliphatic heterocycles. The van der Waals surface area contributed by atoms with Gasteiger partial charge in [-0.1, -0.05) is 19.1 Å². The average Bonchev–Trinajstić information content (AvgIpc) is 1.99. The molecule has 0 aromatic heterocycles. The van der Waals surface area contributed by atoms with Crippen molar-refractivity contribution in [3.05, 3.63) is 0 Å². The zero-order chi connectivity index (χ0) is 12.1. The van der Waals surface area contributed by atoms with E-state index in [2.05, 4.69) is 12.2 Å². The second-order valence-electron chi connectivity index (χ2n) is 3.07. The summed E-state index contributed by atoms with van der Waals surface area (Å²) in [5, 5.41) is 0. The normalized spacial score (nSPS) is 11.2. The number of thiocarbonyl (C=S) groups is 1. The summed E-state index contributed by atoms with van der Waals surface area (Å²) in [7, 11) is 0. The van der Waals surface area contributed by atoms with Gasteiger partial charge in [0.15, 0.2) is 0 Å². The quantitative estimate of drug-likeness (QED) is 0.742. The molecule has 0 spiro atoms. The van der Waals surface area contributed by atoms with Crippen molar-refractivity contribution in [3.63, 3.8) is 0 Å². The van der Waals surface area contributed by atoms with E-state index >= 15 is 0 Å². The van der Waals surface area contributed by atoms with Gasteiger partial charge in [-0.3, -0.25) is 4.79 Å². The molecule has 0 unspecified atom stereocenters. The first-order chi connectivity index (χ1) is 6.76. The average molecular weight is 242 g/mol. The van der Waals surface area contributed by atoms with Gasteiger partial charge < -0.3 is 10.6 Å². The number of nitrogens with zero attached hydrogens (tertiary/aromatic N) is 1. The fourth-order valence-corrected chi connectivity index (χ4v) is 1.16. The lowest BCUT2D eigenvalue weighted by Gasteiger charge is -2.23. The van der Waals surface area contributed by atoms with Crippen LogP contribution in [0.2, 0.25) is 0 Å². The van der Waals surface area contributed by atoms with Gasteiger partial charge >= 0.3 is 6.18 Å². The fourth-order valence-electron chi connectivity index (χ4n) is 1.04. The number of alkyl halides is 3. The van der Waals surface area contributed by atoms with Gasteiger partial charge in [0.25, 0.3) is 0 Å². The highest BCUT2D eigenvalue weighted by Gasteiger charge is 2.32. The van der Waals surface area contributed by atoms with Gasteiger partial charge in [-0.15, -0.1) is 0 Å². The number of carbonyl (C=O) groups is 1. The van der Waals surface area contributed by atoms with E-state index in [-0.39, 0.29) is 18.0 Å². The maximum Gasteiger partial charge on any atom is 0.406 e. The molecule has 3 nitrogen and oxygen atoms in total. The number of hydrogen-bond acceptors (Lipinski definition) is 2. The summed E-state index contributed by atoms with van der Waals surface area (Å²) in [5.74, 6) is -0.679. The second-order valence-corrected chi connectivity index (χ2v) is 3.60. The molecule has 0 bridgehead atoms. The molecule has 0 aromatic carbocycles. The van der Waals surface area contributed by atoms with Crippen molar-refractivity contribution in [3.8, 4) is 0 Å². The van der Waals surface area contributed by atoms with Gasteiger partial charge in [0, 0.05) is 6.54 Å². The molecule has 2 N–H and O–H groups in total. The maximum absolute atomic E-state index is 12.1. The monoisotopic (exact) mass is 242 g/mol. The van der Waals surface area contributed by atoms with Crippen molar-refractivity contribution in [2.24, 2.45) is 5.73 Å². The van der Waals surface area contributed by atoms with E-state index in [1.807, 2.05) is 0 Å². The number of amides is 1. The van der Waals surface area contributed by atoms with Crippen molar-refractivity contribution in [1.82, 2.24) is 4.90 Å². The molecule has 0 rings (SSSR count). The van der Waals surface area contributed by atoms with Crippen LogP contribution in [0.25, 0.3) is 0 Å². The molecular formula is C8H13F3N2OS. The lowest BCUT2D eigenvalue weighted by atomic mass is 10.3. The highest BCUT2D eigenvalue weighted by Crippen LogP contribution is 2.17. The first-order valence-corrected chi connectivity index (χ1v) is 4.80. The predicted octanol–water partition coefficient (Wildman–Crippen LogP) is 1.46. The molecule has 0 fully saturated rings. The minimum absolute atomic E-state index is 0.0565. The smallest absolute Gasteiger partial charge is 0.393 e. The zero-order valence-electron chi connectivity index (χ0n) is 8.30. The van der Waals surface area contributed by atoms with E-state index in [1.165, 1.54) is 0 Å². The molecule has 0 aliphatic rings. The molecule has 0 aliphatic carbocycles. The minimum Gasteiger partial charge on any atom is -0.393 e. The Bertz CT molecular complexity index is 243. The summed E-state index contributed by atoms with van der Waals surface area (Å²) in [6, 6.07) is 0. The van der Waals surface area contributed by atoms with Gasteiger partial charge in [-0.2, -0.15) is 13.2 Å². The molecule has 0 radical (unpaired) electrons. The van der Waals surface area contributed by atoms with Crippen LogP contribution >= 0.6 is 12.2 Å². The third-order valence-corrected chi connectivity index (χ3v) is 1.69. The van der Waals surface area contributed by atoms with E-state index < -0.39 is 18.6 Å². The van der Waals surface area contributed by atoms with Crippen LogP contribution < -0.4 is 5.73 Å². The fraction of sp³-hybridized carbons (Fsp3) is 0.750. The van der Waals surface area contributed by atoms with Gasteiger partial charge in [-0.25, -0.2) is 0 Å². The second kappa shape index (κ2) is 5.89. The summed E-state index contributed by atoms with van der Waals surface area (Å²) in [5.41, 5.74) is 5.09. The van der Waals surface area contributed by atoms with Crippen LogP contribution in [0.4, 0.5) is 13.2 Å². The number of carbonyl (C=O) groups excluding carboxylic acids is 1. The van der Waals surface area contributed by atoms with E-state index in [1.54, 1.807) is 6.92 Å². The van der Waals surface area contributed by atoms with Gasteiger partial charge in [0.05, 0.1) is 11.4 Å². The Morgan fingerprint density at radius 3 is 2.33 bits per heavy atom. The molecule has 0 saturated heterocycles. The zero-order valence-corrected chi connectivity index (χ0v) is 9.12. The Balaban J connectivity index is 4.38. The lowest BCUT2D eigenvalue weighted by molar-refractivity contribution is -0.160. The summed E-state index contributed by atoms with van der Waals surface area (Å²) in [4.78, 5) is 11.9. The summed E-state index contributed by atoms with van der Waals surface area (Å²) < 4.78 is 36.2. The standard InChI is InChI=1S/C8H13F3N2OS/c1-2-3-13(5-8(9,10)11)7(14)4-6(12)15/h2-5H2,1H3,(H2,12,15). The Kier molecular flexibility index (Phi) is 5.56. The van der Waals surface area contributed by atoms with E-state index in [4.69, 9.17) is 5.73 Å². The summed E-state index contributed by atoms with van der Waals surface area (Å²) >= 11 is 4.47. The van der Waals surface area contributed by atoms with E-state index in [9.17, 15) is 18.0 Å². The van der Waals surface area contributed by atoms with Gasteiger partial charge in [-0.05, 0) is 6.42 Å². The van der Waals surface area contributed by atoms with Crippen LogP contribution in [-0.4, -0.2) is 35.1 Å². The molecular weight excluding hydrogens is 229 g/mol. The van der Waals surface area contributed by atoms with Crippen molar-refractivity contribution in [1.29, 1.82) is 0 Å². The highest BCUT2D eigenvalue weighted by atomic mass is 32.1. The van der Waals surface area contributed by atoms with Crippen LogP contribution in [0.3, 0.4) is 0 Å². The van der Waals surface area contributed by atoms with Gasteiger partial charge in [0.1, 0.15) is 6.54 Å². The lowest BCUT2D eigenvalue weighted by Crippen LogP contribution is -2.40. The maximum atomic E-state index is 12.1. The molecule has 15 heavy (non-hydrogen) atoms. The molecule has 1 amide bonds. The van der Waals surface area contributed by atoms with Crippen molar-refractivity contribution >= 4 is 23.1 Å². The van der Waals surface area contributed by atoms with E-state index in [0.29, 0.717) is 6.42 Å². The number of hydrogen-bond donors (Lipinski definition) is 1. The SMILES string of the molecule is CCCN(CC(F)(F)F)C(=O)CC(N)=S. The predicted molar refractivity (Wildman–Crippen MR) is 54.3 cm³/mol. The Labute approximate surface area is 91.4 Å². The topological polar surface area (TPSA) is 46.3 Å². The molecule has 88 valence electrons. The van der Waals surface area contributed by atoms with Crippen LogP contribution in [0.5, 0.6) is 0 Å². The Morgan fingerprint density at radius 1 is 1.47 bits per heavy atom. The minimum atomic E-state index is -4.39. The molecule has 7 heteroatoms. The van der Waals surface area contributed by atoms with E-state index in [0.717, 1.165) is 4.90 Å². The van der Waals surface area contributed by atoms with Crippen molar-refractivity contribution in [2.75, 3.05) is 13.1 Å². The Hall–Kier alpha value is -0.850. The Morgan fingerprint density at radius 2 is 2.00 bits per heavy atom. The van der Waals surface area contributed by atoms with Crippen LogP contribution in [0.1, 0.15) is 19.8 Å². The number of nitrogens with two attached hydrogens (primary N) is 1. The summed E-state index contributed by atoms with van der Waals surface area (Å²) in [6.07, 6.45) is -4.24. The largest absolute Gasteiger partial charge is 0.406 e. The summed E-state index contributed by atoms with van der Waals surface area (Å²) in [6.45, 7) is 0.501. The number of rotatable bonds is 5. The first kappa shape index (κ1) is 14.2. The molecule has 0 saturated carbocycles. The van der Waals surface area contributed by atoms with Crippen LogP contribution in [0, 0.1) is 0 Å².